The standard InChI is InChI=1S/C12H17N3O2.2ClH/c1-16-6-7-17-9-2-3-10-11(8-9)15-12(14-10)4-5-13;;/h2-3,8H,4-7,13H2,1H3,(H,14,15);2*1H. The number of ether oxygens (including phenoxy) is 2. The average molecular weight is 308 g/mol. The van der Waals surface area contributed by atoms with Crippen molar-refractivity contribution in [1.29, 1.82) is 0 Å². The van der Waals surface area contributed by atoms with Crippen LogP contribution in [0.25, 0.3) is 11.0 Å². The molecular formula is C12H19Cl2N3O2. The van der Waals surface area contributed by atoms with Gasteiger partial charge in [-0.05, 0) is 18.7 Å². The first kappa shape index (κ1) is 18.0. The maximum Gasteiger partial charge on any atom is 0.121 e. The molecule has 0 atom stereocenters. The Bertz CT molecular complexity index is 491. The molecule has 2 rings (SSSR count). The second kappa shape index (κ2) is 8.98. The number of hydrogen-bond acceptors (Lipinski definition) is 4. The summed E-state index contributed by atoms with van der Waals surface area (Å²) >= 11 is 0. The minimum absolute atomic E-state index is 0. The fourth-order valence-corrected chi connectivity index (χ4v) is 1.63. The number of hydrogen-bond donors (Lipinski definition) is 2. The second-order valence-corrected chi connectivity index (χ2v) is 3.74. The first-order valence-electron chi connectivity index (χ1n) is 5.64. The molecule has 0 aliphatic rings. The molecule has 1 aromatic heterocycles. The first-order valence-corrected chi connectivity index (χ1v) is 5.64. The summed E-state index contributed by atoms with van der Waals surface area (Å²) in [4.78, 5) is 7.65. The third kappa shape index (κ3) is 4.87. The van der Waals surface area contributed by atoms with E-state index in [1.165, 1.54) is 0 Å². The van der Waals surface area contributed by atoms with Gasteiger partial charge in [0, 0.05) is 19.6 Å². The quantitative estimate of drug-likeness (QED) is 0.800. The minimum Gasteiger partial charge on any atom is -0.491 e. The summed E-state index contributed by atoms with van der Waals surface area (Å²) in [5.74, 6) is 1.73. The van der Waals surface area contributed by atoms with Crippen molar-refractivity contribution in [3.63, 3.8) is 0 Å². The summed E-state index contributed by atoms with van der Waals surface area (Å²) in [5.41, 5.74) is 7.41. The SMILES string of the molecule is COCCOc1ccc2nc(CCN)[nH]c2c1.Cl.Cl. The smallest absolute Gasteiger partial charge is 0.121 e. The van der Waals surface area contributed by atoms with Gasteiger partial charge in [-0.25, -0.2) is 4.98 Å². The molecule has 3 N–H and O–H groups in total. The maximum atomic E-state index is 5.53. The van der Waals surface area contributed by atoms with Crippen molar-refractivity contribution >= 4 is 35.8 Å². The number of methoxy groups -OCH3 is 1. The van der Waals surface area contributed by atoms with Crippen molar-refractivity contribution < 1.29 is 9.47 Å². The molecule has 0 saturated carbocycles. The van der Waals surface area contributed by atoms with E-state index in [0.29, 0.717) is 19.8 Å². The molecule has 1 heterocycles. The Morgan fingerprint density at radius 2 is 2.05 bits per heavy atom. The maximum absolute atomic E-state index is 5.53. The summed E-state index contributed by atoms with van der Waals surface area (Å²) in [6.45, 7) is 1.72. The zero-order valence-corrected chi connectivity index (χ0v) is 12.4. The summed E-state index contributed by atoms with van der Waals surface area (Å²) in [5, 5.41) is 0. The highest BCUT2D eigenvalue weighted by Crippen LogP contribution is 2.19. The Morgan fingerprint density at radius 3 is 2.74 bits per heavy atom. The number of fused-ring (bicyclic) bond motifs is 1. The van der Waals surface area contributed by atoms with Crippen molar-refractivity contribution in [1.82, 2.24) is 9.97 Å². The normalized spacial score (nSPS) is 9.79. The van der Waals surface area contributed by atoms with Crippen molar-refractivity contribution in [2.45, 2.75) is 6.42 Å². The van der Waals surface area contributed by atoms with E-state index in [9.17, 15) is 0 Å². The van der Waals surface area contributed by atoms with Gasteiger partial charge in [0.05, 0.1) is 17.6 Å². The van der Waals surface area contributed by atoms with E-state index < -0.39 is 0 Å². The minimum atomic E-state index is 0. The molecule has 0 unspecified atom stereocenters. The molecule has 0 saturated heterocycles. The van der Waals surface area contributed by atoms with E-state index in [0.717, 1.165) is 29.0 Å². The highest BCUT2D eigenvalue weighted by molar-refractivity contribution is 5.85. The Hall–Kier alpha value is -1.01. The van der Waals surface area contributed by atoms with Gasteiger partial charge in [0.15, 0.2) is 0 Å². The topological polar surface area (TPSA) is 73.2 Å². The molecule has 5 nitrogen and oxygen atoms in total. The van der Waals surface area contributed by atoms with E-state index in [1.54, 1.807) is 7.11 Å². The Morgan fingerprint density at radius 1 is 1.26 bits per heavy atom. The number of aromatic nitrogens is 2. The van der Waals surface area contributed by atoms with Crippen LogP contribution in [0.5, 0.6) is 5.75 Å². The van der Waals surface area contributed by atoms with Gasteiger partial charge >= 0.3 is 0 Å². The second-order valence-electron chi connectivity index (χ2n) is 3.74. The van der Waals surface area contributed by atoms with Crippen LogP contribution in [0.3, 0.4) is 0 Å². The predicted octanol–water partition coefficient (Wildman–Crippen LogP) is 1.93. The lowest BCUT2D eigenvalue weighted by atomic mass is 10.3. The molecule has 0 amide bonds. The number of imidazole rings is 1. The highest BCUT2D eigenvalue weighted by Gasteiger charge is 2.03. The Labute approximate surface area is 124 Å². The van der Waals surface area contributed by atoms with E-state index in [2.05, 4.69) is 9.97 Å². The predicted molar refractivity (Wildman–Crippen MR) is 80.7 cm³/mol. The number of nitrogens with zero attached hydrogens (tertiary/aromatic N) is 1. The van der Waals surface area contributed by atoms with Gasteiger partial charge in [0.25, 0.3) is 0 Å². The fourth-order valence-electron chi connectivity index (χ4n) is 1.63. The van der Waals surface area contributed by atoms with Gasteiger partial charge in [0.1, 0.15) is 18.2 Å². The molecule has 108 valence electrons. The van der Waals surface area contributed by atoms with E-state index >= 15 is 0 Å². The van der Waals surface area contributed by atoms with Crippen LogP contribution in [0.15, 0.2) is 18.2 Å². The van der Waals surface area contributed by atoms with Crippen LogP contribution < -0.4 is 10.5 Å². The van der Waals surface area contributed by atoms with Crippen LogP contribution in [0.2, 0.25) is 0 Å². The van der Waals surface area contributed by atoms with Crippen LogP contribution in [0, 0.1) is 0 Å². The molecule has 7 heteroatoms. The van der Waals surface area contributed by atoms with E-state index in [-0.39, 0.29) is 24.8 Å². The molecule has 0 spiro atoms. The summed E-state index contributed by atoms with van der Waals surface area (Å²) < 4.78 is 10.5. The molecule has 1 aromatic carbocycles. The molecule has 0 bridgehead atoms. The lowest BCUT2D eigenvalue weighted by Gasteiger charge is -2.04. The number of nitrogens with two attached hydrogens (primary N) is 1. The van der Waals surface area contributed by atoms with Crippen molar-refractivity contribution in [2.75, 3.05) is 26.9 Å². The lowest BCUT2D eigenvalue weighted by molar-refractivity contribution is 0.146. The monoisotopic (exact) mass is 307 g/mol. The molecule has 0 radical (unpaired) electrons. The third-order valence-electron chi connectivity index (χ3n) is 2.44. The zero-order valence-electron chi connectivity index (χ0n) is 10.7. The lowest BCUT2D eigenvalue weighted by Crippen LogP contribution is -2.04. The fraction of sp³-hybridized carbons (Fsp3) is 0.417. The molecule has 0 aliphatic carbocycles. The number of H-pyrrole nitrogens is 1. The van der Waals surface area contributed by atoms with Crippen molar-refractivity contribution in [3.8, 4) is 5.75 Å². The van der Waals surface area contributed by atoms with Gasteiger partial charge in [-0.15, -0.1) is 24.8 Å². The van der Waals surface area contributed by atoms with Crippen molar-refractivity contribution in [2.24, 2.45) is 5.73 Å². The highest BCUT2D eigenvalue weighted by atomic mass is 35.5. The number of benzene rings is 1. The molecular weight excluding hydrogens is 289 g/mol. The number of aromatic amines is 1. The van der Waals surface area contributed by atoms with Crippen LogP contribution >= 0.6 is 24.8 Å². The van der Waals surface area contributed by atoms with Crippen LogP contribution in [-0.2, 0) is 11.2 Å². The van der Waals surface area contributed by atoms with Crippen LogP contribution in [0.4, 0.5) is 0 Å². The summed E-state index contributed by atoms with van der Waals surface area (Å²) in [7, 11) is 1.65. The Kier molecular flexibility index (Phi) is 8.51. The average Bonchev–Trinajstić information content (AvgIpc) is 2.71. The van der Waals surface area contributed by atoms with Gasteiger partial charge in [0.2, 0.25) is 0 Å². The number of rotatable bonds is 6. The van der Waals surface area contributed by atoms with Gasteiger partial charge in [-0.2, -0.15) is 0 Å². The largest absolute Gasteiger partial charge is 0.491 e. The number of halogens is 2. The third-order valence-corrected chi connectivity index (χ3v) is 2.44. The van der Waals surface area contributed by atoms with Gasteiger partial charge in [-0.3, -0.25) is 0 Å². The number of nitrogens with one attached hydrogen (secondary N) is 1. The van der Waals surface area contributed by atoms with E-state index in [1.807, 2.05) is 18.2 Å². The zero-order chi connectivity index (χ0) is 12.1. The van der Waals surface area contributed by atoms with Crippen molar-refractivity contribution in [3.05, 3.63) is 24.0 Å². The van der Waals surface area contributed by atoms with Crippen LogP contribution in [0.1, 0.15) is 5.82 Å². The van der Waals surface area contributed by atoms with Gasteiger partial charge < -0.3 is 20.2 Å². The van der Waals surface area contributed by atoms with Crippen LogP contribution in [-0.4, -0.2) is 36.8 Å². The first-order chi connectivity index (χ1) is 8.33. The molecule has 19 heavy (non-hydrogen) atoms. The Balaban J connectivity index is 0.00000162. The van der Waals surface area contributed by atoms with Gasteiger partial charge in [-0.1, -0.05) is 0 Å². The van der Waals surface area contributed by atoms with E-state index in [4.69, 9.17) is 15.2 Å². The molecule has 0 aliphatic heterocycles. The molecule has 0 fully saturated rings. The summed E-state index contributed by atoms with van der Waals surface area (Å²) in [6, 6.07) is 5.79. The summed E-state index contributed by atoms with van der Waals surface area (Å²) in [6.07, 6.45) is 0.758. The molecule has 2 aromatic rings.